The third-order valence-electron chi connectivity index (χ3n) is 7.63. The molecule has 2 aromatic carbocycles. The van der Waals surface area contributed by atoms with Crippen molar-refractivity contribution in [3.63, 3.8) is 0 Å². The van der Waals surface area contributed by atoms with Crippen molar-refractivity contribution in [1.82, 2.24) is 18.5 Å². The maximum atomic E-state index is 13.9. The van der Waals surface area contributed by atoms with Gasteiger partial charge >= 0.3 is 0 Å². The topological polar surface area (TPSA) is 203 Å². The van der Waals surface area contributed by atoms with E-state index in [-0.39, 0.29) is 32.7 Å². The molecule has 1 aromatic heterocycles. The Balaban J connectivity index is 1.74. The number of rotatable bonds is 11. The van der Waals surface area contributed by atoms with Crippen LogP contribution in [0.15, 0.2) is 76.5 Å². The van der Waals surface area contributed by atoms with Crippen LogP contribution in [-0.4, -0.2) is 84.4 Å². The van der Waals surface area contributed by atoms with E-state index in [2.05, 4.69) is 4.98 Å². The summed E-state index contributed by atoms with van der Waals surface area (Å²) in [6.45, 7) is 1.37. The number of unbranched alkanes of at least 4 members (excludes halogenated alkanes) is 2. The second-order valence-corrected chi connectivity index (χ2v) is 14.6. The smallest absolute Gasteiger partial charge is 0.289 e. The number of fused-ring (bicyclic) bond motifs is 2. The van der Waals surface area contributed by atoms with E-state index >= 15 is 0 Å². The Morgan fingerprint density at radius 1 is 0.674 bits per heavy atom. The van der Waals surface area contributed by atoms with Crippen molar-refractivity contribution >= 4 is 31.4 Å². The summed E-state index contributed by atoms with van der Waals surface area (Å²) in [4.78, 5) is 27.7. The van der Waals surface area contributed by atoms with Gasteiger partial charge in [-0.15, -0.1) is 0 Å². The van der Waals surface area contributed by atoms with Gasteiger partial charge in [0.25, 0.3) is 11.4 Å². The molecule has 0 atom stereocenters. The van der Waals surface area contributed by atoms with Crippen LogP contribution < -0.4 is 5.73 Å². The maximum Gasteiger partial charge on any atom is 0.289 e. The molecule has 17 heteroatoms. The number of sulfonamides is 2. The molecule has 1 aliphatic heterocycles. The lowest BCUT2D eigenvalue weighted by molar-refractivity contribution is -0.388. The van der Waals surface area contributed by atoms with Gasteiger partial charge in [0.2, 0.25) is 20.0 Å². The lowest BCUT2D eigenvalue weighted by atomic mass is 10.2. The van der Waals surface area contributed by atoms with Crippen LogP contribution >= 0.6 is 0 Å². The predicted octanol–water partition coefficient (Wildman–Crippen LogP) is 3.11. The summed E-state index contributed by atoms with van der Waals surface area (Å²) < 4.78 is 58.0. The van der Waals surface area contributed by atoms with Crippen molar-refractivity contribution in [3.05, 3.63) is 98.3 Å². The molecule has 0 saturated carbocycles. The van der Waals surface area contributed by atoms with Gasteiger partial charge in [-0.2, -0.15) is 8.61 Å². The van der Waals surface area contributed by atoms with E-state index in [1.165, 1.54) is 36.4 Å². The molecule has 2 heterocycles. The molecule has 0 aliphatic carbocycles. The molecule has 0 unspecified atom stereocenters. The van der Waals surface area contributed by atoms with Gasteiger partial charge in [0, 0.05) is 31.8 Å². The number of para-hydroxylation sites is 2. The summed E-state index contributed by atoms with van der Waals surface area (Å²) in [7, 11) is -8.70. The van der Waals surface area contributed by atoms with Crippen molar-refractivity contribution in [1.29, 1.82) is 0 Å². The second-order valence-electron chi connectivity index (χ2n) is 10.8. The first-order valence-corrected chi connectivity index (χ1v) is 17.7. The number of nitrogens with zero attached hydrogens (tertiary/aromatic N) is 6. The molecule has 0 spiro atoms. The van der Waals surface area contributed by atoms with Gasteiger partial charge in [-0.1, -0.05) is 36.8 Å². The maximum absolute atomic E-state index is 13.9. The van der Waals surface area contributed by atoms with Crippen LogP contribution in [0.1, 0.15) is 37.1 Å². The van der Waals surface area contributed by atoms with E-state index < -0.39 is 51.1 Å². The van der Waals surface area contributed by atoms with E-state index in [1.807, 2.05) is 4.90 Å². The Morgan fingerprint density at radius 3 is 1.72 bits per heavy atom. The molecule has 0 saturated heterocycles. The molecule has 15 nitrogen and oxygen atoms in total. The highest BCUT2D eigenvalue weighted by atomic mass is 32.2. The summed E-state index contributed by atoms with van der Waals surface area (Å²) in [5.74, 6) is 0. The molecule has 0 amide bonds. The van der Waals surface area contributed by atoms with Gasteiger partial charge in [-0.25, -0.2) is 16.8 Å². The number of hydrogen-bond donors (Lipinski definition) is 1. The van der Waals surface area contributed by atoms with E-state index in [0.717, 1.165) is 40.0 Å². The van der Waals surface area contributed by atoms with E-state index in [4.69, 9.17) is 5.73 Å². The fourth-order valence-corrected chi connectivity index (χ4v) is 8.45. The Labute approximate surface area is 268 Å². The fourth-order valence-electron chi connectivity index (χ4n) is 5.28. The van der Waals surface area contributed by atoms with E-state index in [0.29, 0.717) is 37.4 Å². The Morgan fingerprint density at radius 2 is 1.20 bits per heavy atom. The number of pyridine rings is 1. The van der Waals surface area contributed by atoms with Crippen LogP contribution in [-0.2, 0) is 33.1 Å². The minimum absolute atomic E-state index is 0.00456. The Hall–Kier alpha value is -3.87. The molecular weight excluding hydrogens is 638 g/mol. The normalized spacial score (nSPS) is 16.2. The van der Waals surface area contributed by atoms with Crippen LogP contribution in [0.2, 0.25) is 0 Å². The molecular formula is C29H37N7O8S2. The van der Waals surface area contributed by atoms with Crippen molar-refractivity contribution in [2.75, 3.05) is 39.3 Å². The van der Waals surface area contributed by atoms with Crippen molar-refractivity contribution < 1.29 is 26.7 Å². The monoisotopic (exact) mass is 675 g/mol. The second kappa shape index (κ2) is 15.6. The van der Waals surface area contributed by atoms with Gasteiger partial charge in [0.1, 0.15) is 0 Å². The first kappa shape index (κ1) is 35.0. The third kappa shape index (κ3) is 8.48. The van der Waals surface area contributed by atoms with Crippen LogP contribution in [0.5, 0.6) is 0 Å². The van der Waals surface area contributed by atoms with Gasteiger partial charge in [-0.05, 0) is 63.2 Å². The number of hydrogen-bond acceptors (Lipinski definition) is 11. The minimum Gasteiger partial charge on any atom is -0.330 e. The molecule has 1 aliphatic rings. The molecule has 4 rings (SSSR count). The van der Waals surface area contributed by atoms with Crippen LogP contribution in [0.4, 0.5) is 11.4 Å². The number of nitrogens with two attached hydrogens (primary N) is 1. The zero-order valence-corrected chi connectivity index (χ0v) is 26.8. The summed E-state index contributed by atoms with van der Waals surface area (Å²) >= 11 is 0. The molecule has 46 heavy (non-hydrogen) atoms. The summed E-state index contributed by atoms with van der Waals surface area (Å²) in [6.07, 6.45) is 2.77. The standard InChI is InChI=1S/C29H37N7O8S2/c30-16-6-1-7-17-32-18-9-19-33(45(41,42)28-14-4-2-12-26(28)35(37)38)22-24-10-8-11-25(31-24)23-34(21-20-32)46(43,44)29-15-5-3-13-27(29)36(39)40/h2-5,8,10-15H,1,6-7,9,16-23,30H2. The molecule has 0 fully saturated rings. The lowest BCUT2D eigenvalue weighted by Crippen LogP contribution is -2.40. The Bertz CT molecular complexity index is 1760. The zero-order valence-electron chi connectivity index (χ0n) is 25.2. The zero-order chi connectivity index (χ0) is 33.3. The van der Waals surface area contributed by atoms with E-state index in [9.17, 15) is 37.1 Å². The number of nitro benzene ring substituents is 2. The highest BCUT2D eigenvalue weighted by Gasteiger charge is 2.34. The molecule has 2 bridgehead atoms. The Kier molecular flexibility index (Phi) is 11.9. The first-order chi connectivity index (χ1) is 21.9. The van der Waals surface area contributed by atoms with E-state index in [1.54, 1.807) is 18.2 Å². The van der Waals surface area contributed by atoms with Gasteiger partial charge < -0.3 is 10.6 Å². The fraction of sp³-hybridized carbons (Fsp3) is 0.414. The average molecular weight is 676 g/mol. The third-order valence-corrected chi connectivity index (χ3v) is 11.4. The molecule has 3 aromatic rings. The summed E-state index contributed by atoms with van der Waals surface area (Å²) in [5.41, 5.74) is 5.18. The van der Waals surface area contributed by atoms with Gasteiger partial charge in [-0.3, -0.25) is 25.2 Å². The van der Waals surface area contributed by atoms with Crippen LogP contribution in [0.25, 0.3) is 0 Å². The number of aromatic nitrogens is 1. The molecule has 248 valence electrons. The largest absolute Gasteiger partial charge is 0.330 e. The van der Waals surface area contributed by atoms with Crippen LogP contribution in [0.3, 0.4) is 0 Å². The summed E-state index contributed by atoms with van der Waals surface area (Å²) in [6, 6.07) is 15.1. The first-order valence-electron chi connectivity index (χ1n) is 14.8. The number of benzene rings is 2. The SMILES string of the molecule is NCCCCCN1CCCN(S(=O)(=O)c2ccccc2[N+](=O)[O-])Cc2cccc(n2)CN(S(=O)(=O)c2ccccc2[N+](=O)[O-])CC1. The molecule has 2 N–H and O–H groups in total. The lowest BCUT2D eigenvalue weighted by Gasteiger charge is -2.28. The number of nitro groups is 2. The van der Waals surface area contributed by atoms with Crippen LogP contribution in [0, 0.1) is 20.2 Å². The quantitative estimate of drug-likeness (QED) is 0.178. The molecule has 0 radical (unpaired) electrons. The van der Waals surface area contributed by atoms with Crippen molar-refractivity contribution in [2.45, 2.75) is 48.6 Å². The van der Waals surface area contributed by atoms with Gasteiger partial charge in [0.05, 0.1) is 34.3 Å². The summed E-state index contributed by atoms with van der Waals surface area (Å²) in [5, 5.41) is 23.4. The average Bonchev–Trinajstić information content (AvgIpc) is 3.04. The minimum atomic E-state index is -4.36. The highest BCUT2D eigenvalue weighted by Crippen LogP contribution is 2.29. The predicted molar refractivity (Wildman–Crippen MR) is 170 cm³/mol. The van der Waals surface area contributed by atoms with Crippen molar-refractivity contribution in [3.8, 4) is 0 Å². The highest BCUT2D eigenvalue weighted by molar-refractivity contribution is 7.89. The van der Waals surface area contributed by atoms with Gasteiger partial charge in [0.15, 0.2) is 9.79 Å². The van der Waals surface area contributed by atoms with Crippen molar-refractivity contribution in [2.24, 2.45) is 5.73 Å².